The summed E-state index contributed by atoms with van der Waals surface area (Å²) in [5.74, 6) is -0.248. The summed E-state index contributed by atoms with van der Waals surface area (Å²) in [5, 5.41) is 0.868. The highest BCUT2D eigenvalue weighted by Gasteiger charge is 2.13. The first-order valence-corrected chi connectivity index (χ1v) is 4.78. The Balaban J connectivity index is 2.62. The van der Waals surface area contributed by atoms with Crippen LogP contribution in [0.4, 0.5) is 0 Å². The van der Waals surface area contributed by atoms with Gasteiger partial charge in [-0.2, -0.15) is 0 Å². The van der Waals surface area contributed by atoms with Gasteiger partial charge >= 0.3 is 5.97 Å². The second-order valence-corrected chi connectivity index (χ2v) is 3.61. The second kappa shape index (κ2) is 3.46. The average Bonchev–Trinajstić information content (AvgIpc) is 2.62. The van der Waals surface area contributed by atoms with Gasteiger partial charge in [-0.15, -0.1) is 0 Å². The molecule has 2 rings (SSSR count). The van der Waals surface area contributed by atoms with Crippen LogP contribution < -0.4 is 0 Å². The van der Waals surface area contributed by atoms with E-state index in [1.165, 1.54) is 7.11 Å². The van der Waals surface area contributed by atoms with Crippen molar-refractivity contribution >= 4 is 32.9 Å². The Morgan fingerprint density at radius 3 is 2.93 bits per heavy atom. The summed E-state index contributed by atoms with van der Waals surface area (Å²) in [5.41, 5.74) is 0.666. The lowest BCUT2D eigenvalue weighted by Gasteiger charge is -1.90. The molecule has 3 nitrogen and oxygen atoms in total. The molecule has 0 unspecified atom stereocenters. The van der Waals surface area contributed by atoms with Gasteiger partial charge in [0.2, 0.25) is 5.76 Å². The van der Waals surface area contributed by atoms with Gasteiger partial charge in [-0.25, -0.2) is 4.79 Å². The number of fused-ring (bicyclic) bond motifs is 1. The summed E-state index contributed by atoms with van der Waals surface area (Å²) < 4.78 is 10.8. The summed E-state index contributed by atoms with van der Waals surface area (Å²) in [6.45, 7) is 0. The highest BCUT2D eigenvalue weighted by Crippen LogP contribution is 2.27. The van der Waals surface area contributed by atoms with Gasteiger partial charge in [-0.3, -0.25) is 0 Å². The minimum absolute atomic E-state index is 0.217. The van der Waals surface area contributed by atoms with Gasteiger partial charge in [0.05, 0.1) is 7.11 Å². The third-order valence-electron chi connectivity index (χ3n) is 1.89. The van der Waals surface area contributed by atoms with Crippen LogP contribution in [0.15, 0.2) is 33.2 Å². The van der Waals surface area contributed by atoms with E-state index in [0.717, 1.165) is 9.86 Å². The molecule has 2 aromatic rings. The van der Waals surface area contributed by atoms with Gasteiger partial charge in [0.1, 0.15) is 5.58 Å². The summed E-state index contributed by atoms with van der Waals surface area (Å²) >= 11 is 3.37. The fourth-order valence-electron chi connectivity index (χ4n) is 1.23. The fourth-order valence-corrected chi connectivity index (χ4v) is 1.69. The van der Waals surface area contributed by atoms with Crippen LogP contribution in [0.3, 0.4) is 0 Å². The average molecular weight is 255 g/mol. The Bertz CT molecular complexity index is 487. The van der Waals surface area contributed by atoms with E-state index in [0.29, 0.717) is 5.58 Å². The monoisotopic (exact) mass is 254 g/mol. The molecule has 1 heterocycles. The van der Waals surface area contributed by atoms with Gasteiger partial charge < -0.3 is 9.15 Å². The molecule has 0 bridgehead atoms. The van der Waals surface area contributed by atoms with Crippen LogP contribution >= 0.6 is 15.9 Å². The van der Waals surface area contributed by atoms with Crippen molar-refractivity contribution in [1.29, 1.82) is 0 Å². The number of carbonyl (C=O) groups excluding carboxylic acids is 1. The number of furan rings is 1. The minimum Gasteiger partial charge on any atom is -0.463 e. The van der Waals surface area contributed by atoms with Crippen molar-refractivity contribution in [3.63, 3.8) is 0 Å². The third kappa shape index (κ3) is 1.42. The first-order valence-electron chi connectivity index (χ1n) is 3.99. The molecule has 72 valence electrons. The van der Waals surface area contributed by atoms with E-state index in [4.69, 9.17) is 4.42 Å². The van der Waals surface area contributed by atoms with Gasteiger partial charge in [-0.05, 0) is 12.1 Å². The van der Waals surface area contributed by atoms with Gasteiger partial charge in [-0.1, -0.05) is 22.0 Å². The maximum Gasteiger partial charge on any atom is 0.373 e. The first-order chi connectivity index (χ1) is 6.72. The van der Waals surface area contributed by atoms with Gasteiger partial charge in [0.15, 0.2) is 0 Å². The SMILES string of the molecule is COC(=O)c1cc2c(Br)cccc2o1. The second-order valence-electron chi connectivity index (χ2n) is 2.75. The molecule has 0 radical (unpaired) electrons. The lowest BCUT2D eigenvalue weighted by molar-refractivity contribution is 0.0567. The van der Waals surface area contributed by atoms with Crippen molar-refractivity contribution in [2.75, 3.05) is 7.11 Å². The van der Waals surface area contributed by atoms with Crippen molar-refractivity contribution in [2.45, 2.75) is 0 Å². The summed E-state index contributed by atoms with van der Waals surface area (Å²) in [6.07, 6.45) is 0. The number of rotatable bonds is 1. The number of benzene rings is 1. The Kier molecular flexibility index (Phi) is 2.29. The number of ether oxygens (including phenoxy) is 1. The zero-order chi connectivity index (χ0) is 10.1. The Morgan fingerprint density at radius 2 is 2.29 bits per heavy atom. The maximum atomic E-state index is 11.2. The Morgan fingerprint density at radius 1 is 1.50 bits per heavy atom. The molecule has 1 aromatic heterocycles. The van der Waals surface area contributed by atoms with Crippen LogP contribution in [0.5, 0.6) is 0 Å². The fraction of sp³-hybridized carbons (Fsp3) is 0.100. The van der Waals surface area contributed by atoms with Crippen molar-refractivity contribution < 1.29 is 13.9 Å². The van der Waals surface area contributed by atoms with E-state index in [1.807, 2.05) is 12.1 Å². The molecule has 0 aliphatic heterocycles. The van der Waals surface area contributed by atoms with Crippen molar-refractivity contribution in [1.82, 2.24) is 0 Å². The number of methoxy groups -OCH3 is 1. The molecule has 0 aliphatic rings. The number of carbonyl (C=O) groups is 1. The van der Waals surface area contributed by atoms with Crippen LogP contribution in [-0.4, -0.2) is 13.1 Å². The lowest BCUT2D eigenvalue weighted by Crippen LogP contribution is -1.97. The Labute approximate surface area is 88.8 Å². The quantitative estimate of drug-likeness (QED) is 0.735. The minimum atomic E-state index is -0.465. The van der Waals surface area contributed by atoms with Crippen LogP contribution in [0.1, 0.15) is 10.6 Å². The zero-order valence-corrected chi connectivity index (χ0v) is 9.00. The number of hydrogen-bond acceptors (Lipinski definition) is 3. The van der Waals surface area contributed by atoms with E-state index < -0.39 is 5.97 Å². The molecular formula is C10H7BrO3. The molecule has 0 N–H and O–H groups in total. The molecule has 0 fully saturated rings. The molecule has 0 saturated carbocycles. The number of hydrogen-bond donors (Lipinski definition) is 0. The van der Waals surface area contributed by atoms with Crippen LogP contribution in [0.25, 0.3) is 11.0 Å². The standard InChI is InChI=1S/C10H7BrO3/c1-13-10(12)9-5-6-7(11)3-2-4-8(6)14-9/h2-5H,1H3. The van der Waals surface area contributed by atoms with Crippen molar-refractivity contribution in [3.05, 3.63) is 34.5 Å². The van der Waals surface area contributed by atoms with Crippen LogP contribution in [0.2, 0.25) is 0 Å². The molecule has 1 aromatic carbocycles. The van der Waals surface area contributed by atoms with Gasteiger partial charge in [0, 0.05) is 15.9 Å². The normalized spacial score (nSPS) is 10.4. The molecule has 0 atom stereocenters. The highest BCUT2D eigenvalue weighted by atomic mass is 79.9. The van der Waals surface area contributed by atoms with E-state index in [9.17, 15) is 4.79 Å². The van der Waals surface area contributed by atoms with E-state index in [-0.39, 0.29) is 5.76 Å². The molecule has 0 saturated heterocycles. The topological polar surface area (TPSA) is 39.4 Å². The molecule has 0 spiro atoms. The molecule has 0 amide bonds. The maximum absolute atomic E-state index is 11.2. The summed E-state index contributed by atoms with van der Waals surface area (Å²) in [7, 11) is 1.32. The van der Waals surface area contributed by atoms with E-state index in [2.05, 4.69) is 20.7 Å². The first kappa shape index (κ1) is 9.27. The predicted octanol–water partition coefficient (Wildman–Crippen LogP) is 2.98. The molecule has 4 heteroatoms. The molecule has 14 heavy (non-hydrogen) atoms. The van der Waals surface area contributed by atoms with Crippen molar-refractivity contribution in [3.8, 4) is 0 Å². The van der Waals surface area contributed by atoms with Crippen LogP contribution in [0, 0.1) is 0 Å². The zero-order valence-electron chi connectivity index (χ0n) is 7.41. The number of esters is 1. The molecular weight excluding hydrogens is 248 g/mol. The lowest BCUT2D eigenvalue weighted by atomic mass is 10.2. The smallest absolute Gasteiger partial charge is 0.373 e. The summed E-state index contributed by atoms with van der Waals surface area (Å²) in [4.78, 5) is 11.2. The van der Waals surface area contributed by atoms with Gasteiger partial charge in [0.25, 0.3) is 0 Å². The summed E-state index contributed by atoms with van der Waals surface area (Å²) in [6, 6.07) is 7.19. The van der Waals surface area contributed by atoms with E-state index >= 15 is 0 Å². The number of halogens is 1. The largest absolute Gasteiger partial charge is 0.463 e. The van der Waals surface area contributed by atoms with E-state index in [1.54, 1.807) is 12.1 Å². The predicted molar refractivity (Wildman–Crippen MR) is 55.3 cm³/mol. The third-order valence-corrected chi connectivity index (χ3v) is 2.59. The highest BCUT2D eigenvalue weighted by molar-refractivity contribution is 9.10. The van der Waals surface area contributed by atoms with Crippen molar-refractivity contribution in [2.24, 2.45) is 0 Å². The molecule has 0 aliphatic carbocycles. The van der Waals surface area contributed by atoms with Crippen LogP contribution in [-0.2, 0) is 4.74 Å². The Hall–Kier alpha value is -1.29.